The molecule has 7 nitrogen and oxygen atoms in total. The first-order valence-corrected chi connectivity index (χ1v) is 11.3. The van der Waals surface area contributed by atoms with Crippen molar-refractivity contribution in [3.8, 4) is 11.1 Å². The molecule has 0 aliphatic rings. The van der Waals surface area contributed by atoms with Crippen molar-refractivity contribution in [3.05, 3.63) is 72.7 Å². The van der Waals surface area contributed by atoms with E-state index in [1.807, 2.05) is 31.4 Å². The SMILES string of the molecule is CNc1ncc2cc(-c3c(C)ccc4c(Nc5cccc(NC(C)C)c5)ncnc34)ccc2n1. The van der Waals surface area contributed by atoms with Gasteiger partial charge in [0.2, 0.25) is 5.95 Å². The Balaban J connectivity index is 1.58. The molecule has 34 heavy (non-hydrogen) atoms. The highest BCUT2D eigenvalue weighted by molar-refractivity contribution is 6.02. The Morgan fingerprint density at radius 3 is 2.56 bits per heavy atom. The number of hydrogen-bond donors (Lipinski definition) is 3. The lowest BCUT2D eigenvalue weighted by molar-refractivity contribution is 0.900. The van der Waals surface area contributed by atoms with E-state index in [1.54, 1.807) is 6.33 Å². The van der Waals surface area contributed by atoms with Crippen molar-refractivity contribution in [2.75, 3.05) is 23.0 Å². The summed E-state index contributed by atoms with van der Waals surface area (Å²) < 4.78 is 0. The van der Waals surface area contributed by atoms with Gasteiger partial charge in [0.05, 0.1) is 11.0 Å². The second-order valence-corrected chi connectivity index (χ2v) is 8.60. The van der Waals surface area contributed by atoms with Gasteiger partial charge in [-0.05, 0) is 68.3 Å². The van der Waals surface area contributed by atoms with E-state index in [4.69, 9.17) is 0 Å². The monoisotopic (exact) mass is 449 g/mol. The molecule has 0 aliphatic carbocycles. The highest BCUT2D eigenvalue weighted by Gasteiger charge is 2.14. The van der Waals surface area contributed by atoms with Crippen LogP contribution in [0.1, 0.15) is 19.4 Å². The molecular formula is C27H27N7. The zero-order valence-corrected chi connectivity index (χ0v) is 19.7. The number of rotatable bonds is 6. The average Bonchev–Trinajstić information content (AvgIpc) is 2.83. The summed E-state index contributed by atoms with van der Waals surface area (Å²) in [5.41, 5.74) is 7.13. The number of aromatic nitrogens is 4. The van der Waals surface area contributed by atoms with E-state index in [2.05, 4.69) is 93.1 Å². The third-order valence-corrected chi connectivity index (χ3v) is 5.69. The average molecular weight is 450 g/mol. The molecule has 0 spiro atoms. The Morgan fingerprint density at radius 1 is 0.882 bits per heavy atom. The summed E-state index contributed by atoms with van der Waals surface area (Å²) in [5.74, 6) is 1.38. The molecule has 0 fully saturated rings. The molecule has 0 aliphatic heterocycles. The molecule has 0 atom stereocenters. The van der Waals surface area contributed by atoms with Crippen LogP contribution in [0.2, 0.25) is 0 Å². The van der Waals surface area contributed by atoms with Crippen LogP contribution in [0.3, 0.4) is 0 Å². The van der Waals surface area contributed by atoms with Crippen LogP contribution in [0.15, 0.2) is 67.1 Å². The maximum atomic E-state index is 4.68. The zero-order valence-electron chi connectivity index (χ0n) is 19.7. The Hall–Kier alpha value is -4.26. The molecular weight excluding hydrogens is 422 g/mol. The van der Waals surface area contributed by atoms with Crippen molar-refractivity contribution in [1.82, 2.24) is 19.9 Å². The summed E-state index contributed by atoms with van der Waals surface area (Å²) in [4.78, 5) is 18.1. The van der Waals surface area contributed by atoms with Crippen molar-refractivity contribution in [2.45, 2.75) is 26.8 Å². The van der Waals surface area contributed by atoms with E-state index in [1.165, 1.54) is 0 Å². The van der Waals surface area contributed by atoms with Crippen molar-refractivity contribution in [3.63, 3.8) is 0 Å². The van der Waals surface area contributed by atoms with Gasteiger partial charge in [-0.25, -0.2) is 19.9 Å². The van der Waals surface area contributed by atoms with Gasteiger partial charge in [-0.1, -0.05) is 18.2 Å². The van der Waals surface area contributed by atoms with Crippen molar-refractivity contribution >= 4 is 44.9 Å². The van der Waals surface area contributed by atoms with Gasteiger partial charge >= 0.3 is 0 Å². The molecule has 5 rings (SSSR count). The number of benzene rings is 3. The Morgan fingerprint density at radius 2 is 1.74 bits per heavy atom. The lowest BCUT2D eigenvalue weighted by Gasteiger charge is -2.15. The number of nitrogens with zero attached hydrogens (tertiary/aromatic N) is 4. The molecule has 0 bridgehead atoms. The summed E-state index contributed by atoms with van der Waals surface area (Å²) in [5, 5.41) is 11.9. The van der Waals surface area contributed by atoms with Crippen molar-refractivity contribution in [1.29, 1.82) is 0 Å². The van der Waals surface area contributed by atoms with E-state index >= 15 is 0 Å². The smallest absolute Gasteiger partial charge is 0.222 e. The minimum atomic E-state index is 0.359. The number of anilines is 4. The maximum Gasteiger partial charge on any atom is 0.222 e. The summed E-state index contributed by atoms with van der Waals surface area (Å²) in [6.07, 6.45) is 3.46. The van der Waals surface area contributed by atoms with E-state index in [-0.39, 0.29) is 0 Å². The highest BCUT2D eigenvalue weighted by atomic mass is 15.1. The lowest BCUT2D eigenvalue weighted by atomic mass is 9.96. The predicted molar refractivity (Wildman–Crippen MR) is 141 cm³/mol. The van der Waals surface area contributed by atoms with Gasteiger partial charge in [-0.2, -0.15) is 0 Å². The van der Waals surface area contributed by atoms with Gasteiger partial charge in [0.25, 0.3) is 0 Å². The standard InChI is InChI=1S/C27H27N7/c1-16(2)32-20-6-5-7-21(13-20)33-26-22-10-8-17(3)24(25(22)30-15-31-26)18-9-11-23-19(12-18)14-29-27(28-4)34-23/h5-16,32H,1-4H3,(H,28,29,34)(H,30,31,33). The fraction of sp³-hybridized carbons (Fsp3) is 0.185. The van der Waals surface area contributed by atoms with Crippen LogP contribution in [0.4, 0.5) is 23.1 Å². The van der Waals surface area contributed by atoms with Crippen LogP contribution in [0, 0.1) is 6.92 Å². The van der Waals surface area contributed by atoms with Gasteiger partial charge in [0.15, 0.2) is 0 Å². The molecule has 170 valence electrons. The third-order valence-electron chi connectivity index (χ3n) is 5.69. The second kappa shape index (κ2) is 8.94. The molecule has 0 unspecified atom stereocenters. The lowest BCUT2D eigenvalue weighted by Crippen LogP contribution is -2.09. The third kappa shape index (κ3) is 4.20. The van der Waals surface area contributed by atoms with Gasteiger partial charge in [0.1, 0.15) is 12.1 Å². The number of aryl methyl sites for hydroxylation is 1. The summed E-state index contributed by atoms with van der Waals surface area (Å²) in [6, 6.07) is 19.0. The second-order valence-electron chi connectivity index (χ2n) is 8.60. The maximum absolute atomic E-state index is 4.68. The van der Waals surface area contributed by atoms with Crippen LogP contribution in [-0.4, -0.2) is 33.0 Å². The van der Waals surface area contributed by atoms with Crippen LogP contribution >= 0.6 is 0 Å². The first-order valence-electron chi connectivity index (χ1n) is 11.3. The van der Waals surface area contributed by atoms with Gasteiger partial charge < -0.3 is 16.0 Å². The topological polar surface area (TPSA) is 87.7 Å². The van der Waals surface area contributed by atoms with E-state index in [0.717, 1.165) is 55.7 Å². The molecule has 0 amide bonds. The van der Waals surface area contributed by atoms with E-state index in [9.17, 15) is 0 Å². The Kier molecular flexibility index (Phi) is 5.67. The van der Waals surface area contributed by atoms with Crippen LogP contribution in [0.5, 0.6) is 0 Å². The first-order chi connectivity index (χ1) is 16.5. The largest absolute Gasteiger partial charge is 0.383 e. The minimum absolute atomic E-state index is 0.359. The van der Waals surface area contributed by atoms with Crippen LogP contribution in [-0.2, 0) is 0 Å². The number of nitrogens with one attached hydrogen (secondary N) is 3. The van der Waals surface area contributed by atoms with Crippen molar-refractivity contribution in [2.24, 2.45) is 0 Å². The van der Waals surface area contributed by atoms with E-state index < -0.39 is 0 Å². The van der Waals surface area contributed by atoms with Gasteiger partial charge in [0, 0.05) is 47.0 Å². The molecule has 3 aromatic carbocycles. The summed E-state index contributed by atoms with van der Waals surface area (Å²) >= 11 is 0. The molecule has 5 aromatic rings. The summed E-state index contributed by atoms with van der Waals surface area (Å²) in [6.45, 7) is 6.36. The molecule has 2 heterocycles. The first kappa shape index (κ1) is 21.6. The number of hydrogen-bond acceptors (Lipinski definition) is 7. The number of fused-ring (bicyclic) bond motifs is 2. The molecule has 0 radical (unpaired) electrons. The zero-order chi connectivity index (χ0) is 23.7. The summed E-state index contributed by atoms with van der Waals surface area (Å²) in [7, 11) is 1.82. The Bertz CT molecular complexity index is 1490. The quantitative estimate of drug-likeness (QED) is 0.286. The fourth-order valence-corrected chi connectivity index (χ4v) is 4.16. The normalized spacial score (nSPS) is 11.2. The fourth-order valence-electron chi connectivity index (χ4n) is 4.16. The molecule has 2 aromatic heterocycles. The molecule has 7 heteroatoms. The van der Waals surface area contributed by atoms with Gasteiger partial charge in [-0.3, -0.25) is 0 Å². The van der Waals surface area contributed by atoms with Crippen molar-refractivity contribution < 1.29 is 0 Å². The van der Waals surface area contributed by atoms with Gasteiger partial charge in [-0.15, -0.1) is 0 Å². The van der Waals surface area contributed by atoms with Crippen LogP contribution < -0.4 is 16.0 Å². The minimum Gasteiger partial charge on any atom is -0.383 e. The van der Waals surface area contributed by atoms with Crippen LogP contribution in [0.25, 0.3) is 32.9 Å². The Labute approximate surface area is 198 Å². The van der Waals surface area contributed by atoms with E-state index in [0.29, 0.717) is 12.0 Å². The predicted octanol–water partition coefficient (Wildman–Crippen LogP) is 6.15. The highest BCUT2D eigenvalue weighted by Crippen LogP contribution is 2.35. The molecule has 0 saturated carbocycles. The molecule has 3 N–H and O–H groups in total. The molecule has 0 saturated heterocycles.